The van der Waals surface area contributed by atoms with Crippen molar-refractivity contribution in [3.8, 4) is 11.3 Å². The Morgan fingerprint density at radius 2 is 1.71 bits per heavy atom. The van der Waals surface area contributed by atoms with Crippen LogP contribution in [-0.2, 0) is 21.6 Å². The Bertz CT molecular complexity index is 2240. The zero-order valence-corrected chi connectivity index (χ0v) is 25.9. The van der Waals surface area contributed by atoms with Gasteiger partial charge in [0.05, 0.1) is 24.4 Å². The summed E-state index contributed by atoms with van der Waals surface area (Å²) in [4.78, 5) is 44.8. The molecule has 2 aromatic heterocycles. The Morgan fingerprint density at radius 3 is 2.48 bits per heavy atom. The second kappa shape index (κ2) is 12.4. The molecule has 4 aromatic carbocycles. The monoisotopic (exact) mass is 648 g/mol. The van der Waals surface area contributed by atoms with Gasteiger partial charge in [0.2, 0.25) is 0 Å². The van der Waals surface area contributed by atoms with E-state index in [0.29, 0.717) is 17.8 Å². The number of likely N-dealkylation sites (tertiary alicyclic amines) is 1. The van der Waals surface area contributed by atoms with Crippen LogP contribution in [0.15, 0.2) is 95.9 Å². The lowest BCUT2D eigenvalue weighted by molar-refractivity contribution is -0.154. The molecule has 0 aliphatic carbocycles. The third-order valence-electron chi connectivity index (χ3n) is 8.94. The Kier molecular flexibility index (Phi) is 7.91. The fourth-order valence-corrected chi connectivity index (χ4v) is 6.34. The van der Waals surface area contributed by atoms with Gasteiger partial charge in [-0.25, -0.2) is 18.3 Å². The van der Waals surface area contributed by atoms with Crippen LogP contribution in [0.4, 0.5) is 14.5 Å². The van der Waals surface area contributed by atoms with Crippen molar-refractivity contribution in [2.24, 2.45) is 0 Å². The molecule has 7 rings (SSSR count). The molecule has 0 unspecified atom stereocenters. The van der Waals surface area contributed by atoms with Gasteiger partial charge >= 0.3 is 5.97 Å². The zero-order chi connectivity index (χ0) is 33.4. The second-order valence-corrected chi connectivity index (χ2v) is 11.8. The number of fused-ring (bicyclic) bond motifs is 2. The highest BCUT2D eigenvalue weighted by molar-refractivity contribution is 6.07. The van der Waals surface area contributed by atoms with Crippen molar-refractivity contribution >= 4 is 39.4 Å². The van der Waals surface area contributed by atoms with Crippen molar-refractivity contribution in [2.75, 3.05) is 25.5 Å². The van der Waals surface area contributed by atoms with Gasteiger partial charge in [0, 0.05) is 60.0 Å². The van der Waals surface area contributed by atoms with Crippen LogP contribution in [0.2, 0.25) is 0 Å². The molecule has 242 valence electrons. The molecular formula is C36H30F2N6O4. The van der Waals surface area contributed by atoms with E-state index >= 15 is 0 Å². The summed E-state index contributed by atoms with van der Waals surface area (Å²) in [5.74, 6) is -2.42. The number of nitrogens with zero attached hydrogens (tertiary/aromatic N) is 4. The van der Waals surface area contributed by atoms with Crippen LogP contribution in [0.3, 0.4) is 0 Å². The molecule has 1 aliphatic heterocycles. The number of carbonyl (C=O) groups excluding carboxylic acids is 2. The third kappa shape index (κ3) is 5.55. The number of methoxy groups -OCH3 is 1. The van der Waals surface area contributed by atoms with Gasteiger partial charge in [-0.15, -0.1) is 5.10 Å². The highest BCUT2D eigenvalue weighted by atomic mass is 19.1. The molecule has 48 heavy (non-hydrogen) atoms. The van der Waals surface area contributed by atoms with E-state index in [-0.39, 0.29) is 47.8 Å². The summed E-state index contributed by atoms with van der Waals surface area (Å²) < 4.78 is 35.4. The molecule has 1 amide bonds. The number of esters is 1. The SMILES string of the molecule is COC(=O)C1(n2cc(-c3cccc(NCc4ccccc4)c3)nn2)CCN(C(=O)c2cc(F)cc3c(=O)c4cc(F)ccc4[nH]c23)CC1. The minimum Gasteiger partial charge on any atom is -0.467 e. The van der Waals surface area contributed by atoms with E-state index in [2.05, 4.69) is 20.6 Å². The van der Waals surface area contributed by atoms with Crippen LogP contribution in [0, 0.1) is 11.6 Å². The standard InChI is InChI=1S/C36H30F2N6O4/c1-48-35(47)36(44-21-31(41-42-44)23-8-5-9-26(16-23)39-20-22-6-3-2-4-7-22)12-14-43(15-13-36)34(46)29-19-25(38)18-28-32(29)40-30-11-10-24(37)17-27(30)33(28)45/h2-11,16-19,21,39H,12-15,20H2,1H3,(H,40,45). The van der Waals surface area contributed by atoms with Gasteiger partial charge in [-0.1, -0.05) is 47.7 Å². The molecular weight excluding hydrogens is 618 g/mol. The number of anilines is 1. The third-order valence-corrected chi connectivity index (χ3v) is 8.94. The van der Waals surface area contributed by atoms with Gasteiger partial charge in [0.25, 0.3) is 5.91 Å². The molecule has 3 heterocycles. The molecule has 1 fully saturated rings. The van der Waals surface area contributed by atoms with Crippen molar-refractivity contribution in [2.45, 2.75) is 24.9 Å². The number of aromatic amines is 1. The Labute approximate surface area is 272 Å². The molecule has 6 aromatic rings. The van der Waals surface area contributed by atoms with Gasteiger partial charge in [0.15, 0.2) is 11.0 Å². The molecule has 0 radical (unpaired) electrons. The topological polar surface area (TPSA) is 122 Å². The minimum absolute atomic E-state index is 0.0392. The van der Waals surface area contributed by atoms with E-state index in [1.165, 1.54) is 28.8 Å². The van der Waals surface area contributed by atoms with Gasteiger partial charge in [-0.05, 0) is 48.0 Å². The van der Waals surface area contributed by atoms with E-state index in [1.54, 1.807) is 6.20 Å². The lowest BCUT2D eigenvalue weighted by Crippen LogP contribution is -2.53. The maximum Gasteiger partial charge on any atom is 0.334 e. The number of carbonyl (C=O) groups is 2. The molecule has 1 aliphatic rings. The van der Waals surface area contributed by atoms with Crippen molar-refractivity contribution < 1.29 is 23.1 Å². The van der Waals surface area contributed by atoms with Crippen molar-refractivity contribution in [3.05, 3.63) is 124 Å². The fraction of sp³-hybridized carbons (Fsp3) is 0.194. The summed E-state index contributed by atoms with van der Waals surface area (Å²) in [6.45, 7) is 0.877. The fourth-order valence-electron chi connectivity index (χ4n) is 6.34. The Morgan fingerprint density at radius 1 is 0.938 bits per heavy atom. The molecule has 0 saturated carbocycles. The number of hydrogen-bond donors (Lipinski definition) is 2. The summed E-state index contributed by atoms with van der Waals surface area (Å²) >= 11 is 0. The zero-order valence-electron chi connectivity index (χ0n) is 25.9. The Hall–Kier alpha value is -5.91. The quantitative estimate of drug-likeness (QED) is 0.170. The first-order valence-corrected chi connectivity index (χ1v) is 15.4. The molecule has 0 spiro atoms. The smallest absolute Gasteiger partial charge is 0.334 e. The van der Waals surface area contributed by atoms with Crippen LogP contribution >= 0.6 is 0 Å². The molecule has 10 nitrogen and oxygen atoms in total. The number of nitrogens with one attached hydrogen (secondary N) is 2. The average molecular weight is 649 g/mol. The van der Waals surface area contributed by atoms with Gasteiger partial charge in [-0.2, -0.15) is 0 Å². The van der Waals surface area contributed by atoms with Crippen LogP contribution < -0.4 is 10.7 Å². The Balaban J connectivity index is 1.14. The molecule has 0 atom stereocenters. The van der Waals surface area contributed by atoms with Crippen molar-refractivity contribution in [1.82, 2.24) is 24.9 Å². The first-order chi connectivity index (χ1) is 23.3. The number of ether oxygens (including phenoxy) is 1. The molecule has 0 bridgehead atoms. The number of amides is 1. The number of rotatable bonds is 7. The summed E-state index contributed by atoms with van der Waals surface area (Å²) in [6, 6.07) is 23.5. The van der Waals surface area contributed by atoms with E-state index in [0.717, 1.165) is 35.0 Å². The number of benzene rings is 4. The van der Waals surface area contributed by atoms with Crippen LogP contribution in [0.5, 0.6) is 0 Å². The predicted molar refractivity (Wildman–Crippen MR) is 176 cm³/mol. The highest BCUT2D eigenvalue weighted by Crippen LogP contribution is 2.34. The van der Waals surface area contributed by atoms with Gasteiger partial charge < -0.3 is 19.9 Å². The summed E-state index contributed by atoms with van der Waals surface area (Å²) in [7, 11) is 1.30. The maximum atomic E-state index is 14.8. The largest absolute Gasteiger partial charge is 0.467 e. The molecule has 2 N–H and O–H groups in total. The molecule has 1 saturated heterocycles. The lowest BCUT2D eigenvalue weighted by Gasteiger charge is -2.39. The minimum atomic E-state index is -1.24. The normalized spacial score (nSPS) is 14.3. The average Bonchev–Trinajstić information content (AvgIpc) is 3.62. The van der Waals surface area contributed by atoms with Crippen molar-refractivity contribution in [1.29, 1.82) is 0 Å². The number of pyridine rings is 1. The van der Waals surface area contributed by atoms with Crippen LogP contribution in [0.25, 0.3) is 33.1 Å². The van der Waals surface area contributed by atoms with E-state index in [1.807, 2.05) is 54.6 Å². The van der Waals surface area contributed by atoms with E-state index in [4.69, 9.17) is 4.74 Å². The number of aromatic nitrogens is 4. The van der Waals surface area contributed by atoms with Crippen LogP contribution in [-0.4, -0.2) is 57.0 Å². The molecule has 12 heteroatoms. The summed E-state index contributed by atoms with van der Waals surface area (Å²) in [5, 5.41) is 12.1. The predicted octanol–water partition coefficient (Wildman–Crippen LogP) is 5.63. The van der Waals surface area contributed by atoms with E-state index < -0.39 is 34.5 Å². The first kappa shape index (κ1) is 30.7. The number of halogens is 2. The number of H-pyrrole nitrogens is 1. The summed E-state index contributed by atoms with van der Waals surface area (Å²) in [6.07, 6.45) is 2.00. The van der Waals surface area contributed by atoms with Gasteiger partial charge in [0.1, 0.15) is 17.3 Å². The lowest BCUT2D eigenvalue weighted by atomic mass is 9.87. The summed E-state index contributed by atoms with van der Waals surface area (Å²) in [5.41, 5.74) is 2.00. The highest BCUT2D eigenvalue weighted by Gasteiger charge is 2.46. The van der Waals surface area contributed by atoms with E-state index in [9.17, 15) is 23.2 Å². The van der Waals surface area contributed by atoms with Crippen LogP contribution in [0.1, 0.15) is 28.8 Å². The first-order valence-electron chi connectivity index (χ1n) is 15.4. The number of piperidine rings is 1. The number of hydrogen-bond acceptors (Lipinski definition) is 7. The maximum absolute atomic E-state index is 14.8. The second-order valence-electron chi connectivity index (χ2n) is 11.8. The van der Waals surface area contributed by atoms with Gasteiger partial charge in [-0.3, -0.25) is 9.59 Å². The van der Waals surface area contributed by atoms with Crippen molar-refractivity contribution in [3.63, 3.8) is 0 Å².